The molecule has 0 heterocycles. The number of hydrogen-bond acceptors (Lipinski definition) is 2. The second-order valence-corrected chi connectivity index (χ2v) is 3.22. The fourth-order valence-electron chi connectivity index (χ4n) is 1.04. The summed E-state index contributed by atoms with van der Waals surface area (Å²) in [6.45, 7) is 7.09. The van der Waals surface area contributed by atoms with Crippen molar-refractivity contribution < 1.29 is 9.90 Å². The molecule has 0 radical (unpaired) electrons. The first kappa shape index (κ1) is 12.9. The summed E-state index contributed by atoms with van der Waals surface area (Å²) < 4.78 is 0. The standard InChI is InChI=1S/C10H14ClNO2/c1-4-8(5-7(2)11)9(12-3)6-10(13)14/h4-5,9,12H,1-2,6H2,3H3,(H,13,14)/b8-5+. The zero-order valence-electron chi connectivity index (χ0n) is 8.09. The summed E-state index contributed by atoms with van der Waals surface area (Å²) in [5, 5.41) is 11.9. The number of aliphatic carboxylic acids is 1. The van der Waals surface area contributed by atoms with Gasteiger partial charge in [-0.25, -0.2) is 0 Å². The fraction of sp³-hybridized carbons (Fsp3) is 0.300. The number of carboxylic acids is 1. The Balaban J connectivity index is 4.69. The van der Waals surface area contributed by atoms with Crippen LogP contribution < -0.4 is 5.32 Å². The summed E-state index contributed by atoms with van der Waals surface area (Å²) in [6.07, 6.45) is 3.15. The fourth-order valence-corrected chi connectivity index (χ4v) is 1.17. The summed E-state index contributed by atoms with van der Waals surface area (Å²) in [7, 11) is 1.68. The highest BCUT2D eigenvalue weighted by Gasteiger charge is 2.13. The molecular formula is C10H14ClNO2. The zero-order chi connectivity index (χ0) is 11.1. The predicted octanol–water partition coefficient (Wildman–Crippen LogP) is 1.91. The summed E-state index contributed by atoms with van der Waals surface area (Å²) in [5.74, 6) is -0.878. The van der Waals surface area contributed by atoms with Crippen LogP contribution in [-0.4, -0.2) is 24.2 Å². The Kier molecular flexibility index (Phi) is 5.92. The number of allylic oxidation sites excluding steroid dienone is 2. The van der Waals surface area contributed by atoms with Crippen LogP contribution >= 0.6 is 11.6 Å². The van der Waals surface area contributed by atoms with Crippen molar-refractivity contribution >= 4 is 17.6 Å². The Morgan fingerprint density at radius 1 is 1.71 bits per heavy atom. The van der Waals surface area contributed by atoms with E-state index in [2.05, 4.69) is 18.5 Å². The molecule has 0 fully saturated rings. The van der Waals surface area contributed by atoms with Crippen molar-refractivity contribution in [2.75, 3.05) is 7.05 Å². The van der Waals surface area contributed by atoms with Gasteiger partial charge >= 0.3 is 5.97 Å². The van der Waals surface area contributed by atoms with Crippen molar-refractivity contribution in [3.63, 3.8) is 0 Å². The Labute approximate surface area is 88.8 Å². The number of hydrogen-bond donors (Lipinski definition) is 2. The first-order valence-corrected chi connectivity index (χ1v) is 4.46. The Morgan fingerprint density at radius 3 is 2.57 bits per heavy atom. The minimum absolute atomic E-state index is 0.0154. The van der Waals surface area contributed by atoms with Crippen LogP contribution in [0.15, 0.2) is 35.9 Å². The molecule has 0 aromatic heterocycles. The van der Waals surface area contributed by atoms with Crippen LogP contribution in [0, 0.1) is 0 Å². The second kappa shape index (κ2) is 6.40. The predicted molar refractivity (Wildman–Crippen MR) is 58.4 cm³/mol. The molecule has 0 saturated heterocycles. The van der Waals surface area contributed by atoms with Gasteiger partial charge in [0.05, 0.1) is 6.42 Å². The lowest BCUT2D eigenvalue weighted by molar-refractivity contribution is -0.137. The average molecular weight is 216 g/mol. The molecule has 1 atom stereocenters. The van der Waals surface area contributed by atoms with Crippen molar-refractivity contribution in [1.29, 1.82) is 0 Å². The normalized spacial score (nSPS) is 13.4. The number of likely N-dealkylation sites (N-methyl/N-ethyl adjacent to an activating group) is 1. The van der Waals surface area contributed by atoms with Gasteiger partial charge < -0.3 is 10.4 Å². The third-order valence-corrected chi connectivity index (χ3v) is 1.80. The summed E-state index contributed by atoms with van der Waals surface area (Å²) in [4.78, 5) is 10.5. The van der Waals surface area contributed by atoms with Crippen molar-refractivity contribution in [3.8, 4) is 0 Å². The molecule has 3 nitrogen and oxygen atoms in total. The van der Waals surface area contributed by atoms with E-state index in [1.54, 1.807) is 19.2 Å². The summed E-state index contributed by atoms with van der Waals surface area (Å²) in [5.41, 5.74) is 0.718. The third-order valence-electron chi connectivity index (χ3n) is 1.69. The van der Waals surface area contributed by atoms with E-state index in [0.29, 0.717) is 5.03 Å². The first-order chi connectivity index (χ1) is 6.51. The molecule has 0 rings (SSSR count). The van der Waals surface area contributed by atoms with Crippen LogP contribution in [0.5, 0.6) is 0 Å². The lowest BCUT2D eigenvalue weighted by Crippen LogP contribution is -2.29. The maximum absolute atomic E-state index is 10.5. The van der Waals surface area contributed by atoms with E-state index in [-0.39, 0.29) is 12.5 Å². The van der Waals surface area contributed by atoms with Crippen LogP contribution in [0.2, 0.25) is 0 Å². The zero-order valence-corrected chi connectivity index (χ0v) is 8.84. The van der Waals surface area contributed by atoms with E-state index in [1.165, 1.54) is 0 Å². The maximum Gasteiger partial charge on any atom is 0.305 e. The van der Waals surface area contributed by atoms with Gasteiger partial charge in [0.2, 0.25) is 0 Å². The lowest BCUT2D eigenvalue weighted by Gasteiger charge is -2.14. The highest BCUT2D eigenvalue weighted by molar-refractivity contribution is 6.30. The van der Waals surface area contributed by atoms with E-state index in [9.17, 15) is 4.79 Å². The molecule has 14 heavy (non-hydrogen) atoms. The van der Waals surface area contributed by atoms with Crippen LogP contribution in [0.4, 0.5) is 0 Å². The van der Waals surface area contributed by atoms with Gasteiger partial charge in [-0.2, -0.15) is 0 Å². The molecule has 0 aromatic carbocycles. The third kappa shape index (κ3) is 4.84. The van der Waals surface area contributed by atoms with Gasteiger partial charge in [0.15, 0.2) is 0 Å². The van der Waals surface area contributed by atoms with Gasteiger partial charge in [0.1, 0.15) is 0 Å². The van der Waals surface area contributed by atoms with Crippen molar-refractivity contribution in [2.45, 2.75) is 12.5 Å². The van der Waals surface area contributed by atoms with Crippen molar-refractivity contribution in [3.05, 3.63) is 35.9 Å². The molecule has 0 aliphatic carbocycles. The lowest BCUT2D eigenvalue weighted by atomic mass is 10.0. The largest absolute Gasteiger partial charge is 0.481 e. The SMILES string of the molecule is C=C/C(=C\C(=C)Cl)C(CC(=O)O)NC. The van der Waals surface area contributed by atoms with Crippen LogP contribution in [0.1, 0.15) is 6.42 Å². The maximum atomic E-state index is 10.5. The number of carboxylic acid groups (broad SMARTS) is 1. The Bertz CT molecular complexity index is 271. The highest BCUT2D eigenvalue weighted by atomic mass is 35.5. The van der Waals surface area contributed by atoms with Crippen molar-refractivity contribution in [2.24, 2.45) is 0 Å². The average Bonchev–Trinajstić information content (AvgIpc) is 2.10. The molecular weight excluding hydrogens is 202 g/mol. The van der Waals surface area contributed by atoms with E-state index < -0.39 is 5.97 Å². The molecule has 78 valence electrons. The quantitative estimate of drug-likeness (QED) is 0.666. The Hall–Kier alpha value is -1.06. The van der Waals surface area contributed by atoms with Gasteiger partial charge in [0.25, 0.3) is 0 Å². The topological polar surface area (TPSA) is 49.3 Å². The van der Waals surface area contributed by atoms with E-state index in [0.717, 1.165) is 5.57 Å². The van der Waals surface area contributed by atoms with Gasteiger partial charge in [-0.3, -0.25) is 4.79 Å². The highest BCUT2D eigenvalue weighted by Crippen LogP contribution is 2.12. The van der Waals surface area contributed by atoms with Crippen LogP contribution in [0.25, 0.3) is 0 Å². The van der Waals surface area contributed by atoms with Gasteiger partial charge in [-0.05, 0) is 18.7 Å². The Morgan fingerprint density at radius 2 is 2.29 bits per heavy atom. The van der Waals surface area contributed by atoms with Crippen LogP contribution in [-0.2, 0) is 4.79 Å². The molecule has 0 aliphatic rings. The monoisotopic (exact) mass is 215 g/mol. The van der Waals surface area contributed by atoms with Gasteiger partial charge in [-0.1, -0.05) is 30.8 Å². The molecule has 0 amide bonds. The van der Waals surface area contributed by atoms with E-state index >= 15 is 0 Å². The van der Waals surface area contributed by atoms with Crippen molar-refractivity contribution in [1.82, 2.24) is 5.32 Å². The molecule has 4 heteroatoms. The molecule has 0 aliphatic heterocycles. The summed E-state index contributed by atoms with van der Waals surface area (Å²) >= 11 is 5.60. The molecule has 1 unspecified atom stereocenters. The first-order valence-electron chi connectivity index (χ1n) is 4.08. The second-order valence-electron chi connectivity index (χ2n) is 2.73. The number of nitrogens with one attached hydrogen (secondary N) is 1. The number of rotatable bonds is 6. The minimum atomic E-state index is -0.878. The van der Waals surface area contributed by atoms with Gasteiger partial charge in [-0.15, -0.1) is 0 Å². The molecule has 2 N–H and O–H groups in total. The van der Waals surface area contributed by atoms with E-state index in [1.807, 2.05) is 0 Å². The van der Waals surface area contributed by atoms with Gasteiger partial charge in [0, 0.05) is 11.1 Å². The minimum Gasteiger partial charge on any atom is -0.481 e. The van der Waals surface area contributed by atoms with E-state index in [4.69, 9.17) is 16.7 Å². The molecule has 0 saturated carbocycles. The molecule has 0 bridgehead atoms. The van der Waals surface area contributed by atoms with Crippen LogP contribution in [0.3, 0.4) is 0 Å². The number of halogens is 1. The summed E-state index contributed by atoms with van der Waals surface area (Å²) in [6, 6.07) is -0.291. The smallest absolute Gasteiger partial charge is 0.305 e. The molecule has 0 aromatic rings. The number of carbonyl (C=O) groups is 1. The molecule has 0 spiro atoms.